The standard InChI is InChI=1S/C14H26N4O.ClH/c1-9(2)11(15)6-7-18(5)14(19)13-8-12(10(3)4)16-17-13;/h8-11H,6-7,15H2,1-5H3,(H,16,17);1H. The summed E-state index contributed by atoms with van der Waals surface area (Å²) in [4.78, 5) is 13.8. The van der Waals surface area contributed by atoms with Crippen LogP contribution in [0.25, 0.3) is 0 Å². The highest BCUT2D eigenvalue weighted by molar-refractivity contribution is 5.92. The van der Waals surface area contributed by atoms with E-state index in [-0.39, 0.29) is 24.4 Å². The Morgan fingerprint density at radius 1 is 1.40 bits per heavy atom. The lowest BCUT2D eigenvalue weighted by atomic mass is 10.0. The summed E-state index contributed by atoms with van der Waals surface area (Å²) in [5.74, 6) is 0.717. The van der Waals surface area contributed by atoms with Gasteiger partial charge in [-0.2, -0.15) is 5.10 Å². The van der Waals surface area contributed by atoms with Gasteiger partial charge in [0.2, 0.25) is 0 Å². The summed E-state index contributed by atoms with van der Waals surface area (Å²) in [7, 11) is 1.79. The second-order valence-corrected chi connectivity index (χ2v) is 5.79. The van der Waals surface area contributed by atoms with Crippen LogP contribution >= 0.6 is 12.4 Å². The van der Waals surface area contributed by atoms with Crippen LogP contribution in [-0.2, 0) is 0 Å². The van der Waals surface area contributed by atoms with Gasteiger partial charge >= 0.3 is 0 Å². The van der Waals surface area contributed by atoms with Crippen LogP contribution in [0.3, 0.4) is 0 Å². The average molecular weight is 303 g/mol. The lowest BCUT2D eigenvalue weighted by Gasteiger charge is -2.20. The molecule has 3 N–H and O–H groups in total. The van der Waals surface area contributed by atoms with Crippen molar-refractivity contribution in [2.45, 2.75) is 46.1 Å². The smallest absolute Gasteiger partial charge is 0.274 e. The van der Waals surface area contributed by atoms with Crippen molar-refractivity contribution < 1.29 is 4.79 Å². The fourth-order valence-corrected chi connectivity index (χ4v) is 1.72. The maximum atomic E-state index is 12.2. The van der Waals surface area contributed by atoms with Gasteiger partial charge in [0.15, 0.2) is 0 Å². The first-order valence-corrected chi connectivity index (χ1v) is 6.89. The number of carbonyl (C=O) groups is 1. The van der Waals surface area contributed by atoms with Crippen molar-refractivity contribution in [1.82, 2.24) is 15.1 Å². The normalized spacial score (nSPS) is 12.4. The van der Waals surface area contributed by atoms with Crippen molar-refractivity contribution in [2.75, 3.05) is 13.6 Å². The predicted molar refractivity (Wildman–Crippen MR) is 84.3 cm³/mol. The number of amides is 1. The van der Waals surface area contributed by atoms with Crippen molar-refractivity contribution in [2.24, 2.45) is 11.7 Å². The Hall–Kier alpha value is -1.07. The summed E-state index contributed by atoms with van der Waals surface area (Å²) in [5, 5.41) is 6.98. The van der Waals surface area contributed by atoms with Gasteiger partial charge in [-0.1, -0.05) is 27.7 Å². The first-order chi connectivity index (χ1) is 8.82. The average Bonchev–Trinajstić information content (AvgIpc) is 2.83. The van der Waals surface area contributed by atoms with E-state index >= 15 is 0 Å². The summed E-state index contributed by atoms with van der Waals surface area (Å²) in [6.45, 7) is 8.96. The second kappa shape index (κ2) is 8.27. The number of aromatic nitrogens is 2. The Morgan fingerprint density at radius 3 is 2.45 bits per heavy atom. The van der Waals surface area contributed by atoms with Crippen molar-refractivity contribution in [3.8, 4) is 0 Å². The zero-order valence-electron chi connectivity index (χ0n) is 13.0. The molecule has 0 spiro atoms. The number of rotatable bonds is 6. The number of nitrogens with one attached hydrogen (secondary N) is 1. The van der Waals surface area contributed by atoms with Gasteiger partial charge in [0.1, 0.15) is 5.69 Å². The summed E-state index contributed by atoms with van der Waals surface area (Å²) in [6, 6.07) is 1.95. The molecule has 116 valence electrons. The molecule has 1 atom stereocenters. The monoisotopic (exact) mass is 302 g/mol. The third-order valence-corrected chi connectivity index (χ3v) is 3.44. The number of hydrogen-bond acceptors (Lipinski definition) is 3. The first kappa shape index (κ1) is 18.9. The van der Waals surface area contributed by atoms with Crippen molar-refractivity contribution >= 4 is 18.3 Å². The van der Waals surface area contributed by atoms with E-state index in [1.54, 1.807) is 11.9 Å². The van der Waals surface area contributed by atoms with Crippen LogP contribution in [0.2, 0.25) is 0 Å². The number of halogens is 1. The van der Waals surface area contributed by atoms with Crippen LogP contribution in [0.15, 0.2) is 6.07 Å². The largest absolute Gasteiger partial charge is 0.340 e. The molecule has 1 unspecified atom stereocenters. The Bertz CT molecular complexity index is 417. The third kappa shape index (κ3) is 5.13. The Morgan fingerprint density at radius 2 is 2.00 bits per heavy atom. The van der Waals surface area contributed by atoms with Crippen LogP contribution in [0.1, 0.15) is 56.2 Å². The quantitative estimate of drug-likeness (QED) is 0.847. The Balaban J connectivity index is 0.00000361. The number of nitrogens with zero attached hydrogens (tertiary/aromatic N) is 2. The van der Waals surface area contributed by atoms with Gasteiger partial charge in [-0.05, 0) is 24.3 Å². The molecule has 0 aliphatic heterocycles. The molecule has 6 heteroatoms. The molecule has 0 bridgehead atoms. The molecule has 1 rings (SSSR count). The topological polar surface area (TPSA) is 75.0 Å². The fourth-order valence-electron chi connectivity index (χ4n) is 1.72. The molecule has 5 nitrogen and oxygen atoms in total. The molecule has 0 saturated carbocycles. The SMILES string of the molecule is CC(C)c1cc(C(=O)N(C)CCC(N)C(C)C)n[nH]1.Cl. The van der Waals surface area contributed by atoms with Gasteiger partial charge in [-0.3, -0.25) is 9.89 Å². The molecular formula is C14H27ClN4O. The van der Waals surface area contributed by atoms with E-state index in [0.29, 0.717) is 24.1 Å². The minimum atomic E-state index is -0.0564. The van der Waals surface area contributed by atoms with E-state index in [1.807, 2.05) is 6.07 Å². The van der Waals surface area contributed by atoms with E-state index in [4.69, 9.17) is 5.73 Å². The van der Waals surface area contributed by atoms with E-state index in [0.717, 1.165) is 12.1 Å². The molecule has 0 aromatic carbocycles. The van der Waals surface area contributed by atoms with Gasteiger partial charge < -0.3 is 10.6 Å². The molecule has 20 heavy (non-hydrogen) atoms. The number of aromatic amines is 1. The van der Waals surface area contributed by atoms with E-state index in [9.17, 15) is 4.79 Å². The minimum Gasteiger partial charge on any atom is -0.340 e. The van der Waals surface area contributed by atoms with E-state index in [1.165, 1.54) is 0 Å². The highest BCUT2D eigenvalue weighted by Crippen LogP contribution is 2.13. The first-order valence-electron chi connectivity index (χ1n) is 6.89. The van der Waals surface area contributed by atoms with E-state index < -0.39 is 0 Å². The fraction of sp³-hybridized carbons (Fsp3) is 0.714. The molecule has 0 radical (unpaired) electrons. The molecule has 0 fully saturated rings. The number of hydrogen-bond donors (Lipinski definition) is 2. The van der Waals surface area contributed by atoms with Gasteiger partial charge in [-0.25, -0.2) is 0 Å². The van der Waals surface area contributed by atoms with Crippen molar-refractivity contribution in [3.05, 3.63) is 17.5 Å². The Labute approximate surface area is 127 Å². The zero-order chi connectivity index (χ0) is 14.6. The zero-order valence-corrected chi connectivity index (χ0v) is 13.8. The molecule has 0 saturated heterocycles. The molecule has 1 heterocycles. The Kier molecular flexibility index (Phi) is 7.83. The third-order valence-electron chi connectivity index (χ3n) is 3.44. The van der Waals surface area contributed by atoms with Crippen LogP contribution < -0.4 is 5.73 Å². The minimum absolute atomic E-state index is 0. The lowest BCUT2D eigenvalue weighted by Crippen LogP contribution is -2.34. The maximum absolute atomic E-state index is 12.2. The highest BCUT2D eigenvalue weighted by atomic mass is 35.5. The summed E-state index contributed by atoms with van der Waals surface area (Å²) in [5.41, 5.74) is 7.45. The summed E-state index contributed by atoms with van der Waals surface area (Å²) < 4.78 is 0. The maximum Gasteiger partial charge on any atom is 0.274 e. The van der Waals surface area contributed by atoms with Gasteiger partial charge in [0.25, 0.3) is 5.91 Å². The molecule has 0 aliphatic rings. The molecular weight excluding hydrogens is 276 g/mol. The lowest BCUT2D eigenvalue weighted by molar-refractivity contribution is 0.0783. The van der Waals surface area contributed by atoms with Crippen LogP contribution in [-0.4, -0.2) is 40.6 Å². The number of H-pyrrole nitrogens is 1. The summed E-state index contributed by atoms with van der Waals surface area (Å²) in [6.07, 6.45) is 0.807. The number of carbonyl (C=O) groups excluding carboxylic acids is 1. The highest BCUT2D eigenvalue weighted by Gasteiger charge is 2.17. The second-order valence-electron chi connectivity index (χ2n) is 5.79. The molecule has 1 aromatic rings. The number of nitrogens with two attached hydrogens (primary N) is 1. The van der Waals surface area contributed by atoms with E-state index in [2.05, 4.69) is 37.9 Å². The molecule has 1 aromatic heterocycles. The molecule has 1 amide bonds. The van der Waals surface area contributed by atoms with Crippen LogP contribution in [0.5, 0.6) is 0 Å². The van der Waals surface area contributed by atoms with Crippen molar-refractivity contribution in [1.29, 1.82) is 0 Å². The van der Waals surface area contributed by atoms with Crippen molar-refractivity contribution in [3.63, 3.8) is 0 Å². The summed E-state index contributed by atoms with van der Waals surface area (Å²) >= 11 is 0. The molecule has 0 aliphatic carbocycles. The van der Waals surface area contributed by atoms with Gasteiger partial charge in [0, 0.05) is 25.3 Å². The predicted octanol–water partition coefficient (Wildman–Crippen LogP) is 2.40. The van der Waals surface area contributed by atoms with Gasteiger partial charge in [0.05, 0.1) is 0 Å². The van der Waals surface area contributed by atoms with Gasteiger partial charge in [-0.15, -0.1) is 12.4 Å². The van der Waals surface area contributed by atoms with Crippen LogP contribution in [0.4, 0.5) is 0 Å². The van der Waals surface area contributed by atoms with Crippen LogP contribution in [0, 0.1) is 5.92 Å².